The SMILES string of the molecule is CCN(CC(=O)N(C)C)C1CS(=O)(=O)CC1N. The molecule has 7 heteroatoms. The lowest BCUT2D eigenvalue weighted by molar-refractivity contribution is -0.130. The zero-order chi connectivity index (χ0) is 13.2. The Morgan fingerprint density at radius 3 is 2.29 bits per heavy atom. The van der Waals surface area contributed by atoms with Crippen molar-refractivity contribution in [2.75, 3.05) is 38.7 Å². The molecule has 0 aliphatic carbocycles. The van der Waals surface area contributed by atoms with Crippen molar-refractivity contribution in [1.82, 2.24) is 9.80 Å². The summed E-state index contributed by atoms with van der Waals surface area (Å²) in [6.07, 6.45) is 0. The van der Waals surface area contributed by atoms with Gasteiger partial charge in [0.1, 0.15) is 0 Å². The van der Waals surface area contributed by atoms with Gasteiger partial charge < -0.3 is 10.6 Å². The van der Waals surface area contributed by atoms with Crippen molar-refractivity contribution in [3.8, 4) is 0 Å². The Bertz CT molecular complexity index is 380. The molecule has 1 saturated heterocycles. The molecule has 1 aliphatic heterocycles. The van der Waals surface area contributed by atoms with Crippen LogP contribution in [0, 0.1) is 0 Å². The lowest BCUT2D eigenvalue weighted by Crippen LogP contribution is -2.50. The van der Waals surface area contributed by atoms with Gasteiger partial charge in [-0.15, -0.1) is 0 Å². The van der Waals surface area contributed by atoms with Gasteiger partial charge in [0.25, 0.3) is 0 Å². The molecular weight excluding hydrogens is 242 g/mol. The number of sulfone groups is 1. The molecule has 1 amide bonds. The number of nitrogens with two attached hydrogens (primary N) is 1. The highest BCUT2D eigenvalue weighted by Gasteiger charge is 2.38. The summed E-state index contributed by atoms with van der Waals surface area (Å²) in [6, 6.07) is -0.635. The van der Waals surface area contributed by atoms with Crippen LogP contribution < -0.4 is 5.73 Å². The maximum absolute atomic E-state index is 11.6. The van der Waals surface area contributed by atoms with Crippen LogP contribution in [0.25, 0.3) is 0 Å². The van der Waals surface area contributed by atoms with E-state index in [1.165, 1.54) is 4.90 Å². The van der Waals surface area contributed by atoms with Crippen molar-refractivity contribution in [2.45, 2.75) is 19.0 Å². The van der Waals surface area contributed by atoms with Crippen molar-refractivity contribution in [3.63, 3.8) is 0 Å². The Labute approximate surface area is 103 Å². The molecule has 1 aliphatic rings. The summed E-state index contributed by atoms with van der Waals surface area (Å²) in [5.41, 5.74) is 5.84. The molecule has 0 radical (unpaired) electrons. The molecule has 2 unspecified atom stereocenters. The maximum Gasteiger partial charge on any atom is 0.236 e. The number of hydrogen-bond donors (Lipinski definition) is 1. The lowest BCUT2D eigenvalue weighted by atomic mass is 10.1. The Balaban J connectivity index is 2.72. The zero-order valence-electron chi connectivity index (χ0n) is 10.6. The molecule has 0 spiro atoms. The van der Waals surface area contributed by atoms with Gasteiger partial charge in [-0.05, 0) is 6.54 Å². The third-order valence-electron chi connectivity index (χ3n) is 3.08. The Morgan fingerprint density at radius 1 is 1.35 bits per heavy atom. The molecule has 0 aromatic carbocycles. The molecule has 0 bridgehead atoms. The van der Waals surface area contributed by atoms with Gasteiger partial charge in [-0.2, -0.15) is 0 Å². The highest BCUT2D eigenvalue weighted by Crippen LogP contribution is 2.16. The number of amides is 1. The van der Waals surface area contributed by atoms with Crippen molar-refractivity contribution in [2.24, 2.45) is 5.73 Å². The second-order valence-corrected chi connectivity index (χ2v) is 6.81. The maximum atomic E-state index is 11.6. The van der Waals surface area contributed by atoms with Crippen molar-refractivity contribution >= 4 is 15.7 Å². The molecule has 2 N–H and O–H groups in total. The summed E-state index contributed by atoms with van der Waals surface area (Å²) in [4.78, 5) is 15.0. The van der Waals surface area contributed by atoms with Crippen LogP contribution in [0.5, 0.6) is 0 Å². The molecule has 1 rings (SSSR count). The van der Waals surface area contributed by atoms with Crippen LogP contribution in [0.15, 0.2) is 0 Å². The first-order valence-corrected chi connectivity index (χ1v) is 7.49. The van der Waals surface area contributed by atoms with Gasteiger partial charge in [0.2, 0.25) is 5.91 Å². The van der Waals surface area contributed by atoms with Crippen molar-refractivity contribution in [3.05, 3.63) is 0 Å². The number of carbonyl (C=O) groups is 1. The van der Waals surface area contributed by atoms with Crippen LogP contribution in [-0.2, 0) is 14.6 Å². The third-order valence-corrected chi connectivity index (χ3v) is 4.82. The molecule has 1 fully saturated rings. The summed E-state index contributed by atoms with van der Waals surface area (Å²) >= 11 is 0. The summed E-state index contributed by atoms with van der Waals surface area (Å²) in [6.45, 7) is 2.74. The van der Waals surface area contributed by atoms with Crippen LogP contribution in [0.1, 0.15) is 6.92 Å². The molecule has 100 valence electrons. The first kappa shape index (κ1) is 14.4. The van der Waals surface area contributed by atoms with E-state index in [4.69, 9.17) is 5.73 Å². The molecule has 2 atom stereocenters. The molecule has 6 nitrogen and oxygen atoms in total. The number of likely N-dealkylation sites (N-methyl/N-ethyl adjacent to an activating group) is 2. The van der Waals surface area contributed by atoms with E-state index >= 15 is 0 Å². The topological polar surface area (TPSA) is 83.7 Å². The molecular formula is C10H21N3O3S. The highest BCUT2D eigenvalue weighted by molar-refractivity contribution is 7.91. The van der Waals surface area contributed by atoms with Crippen molar-refractivity contribution in [1.29, 1.82) is 0 Å². The average molecular weight is 263 g/mol. The van der Waals surface area contributed by atoms with Gasteiger partial charge in [-0.3, -0.25) is 9.69 Å². The van der Waals surface area contributed by atoms with E-state index < -0.39 is 15.9 Å². The number of carbonyl (C=O) groups excluding carboxylic acids is 1. The Morgan fingerprint density at radius 2 is 1.94 bits per heavy atom. The number of hydrogen-bond acceptors (Lipinski definition) is 5. The second kappa shape index (κ2) is 5.32. The third kappa shape index (κ3) is 3.65. The molecule has 0 aromatic rings. The van der Waals surface area contributed by atoms with E-state index in [0.29, 0.717) is 6.54 Å². The fourth-order valence-electron chi connectivity index (χ4n) is 2.01. The molecule has 0 aromatic heterocycles. The van der Waals surface area contributed by atoms with Crippen LogP contribution in [0.3, 0.4) is 0 Å². The van der Waals surface area contributed by atoms with Gasteiger partial charge in [0, 0.05) is 26.2 Å². The van der Waals surface area contributed by atoms with E-state index in [2.05, 4.69) is 0 Å². The minimum atomic E-state index is -3.05. The number of rotatable bonds is 4. The number of nitrogens with zero attached hydrogens (tertiary/aromatic N) is 2. The molecule has 1 heterocycles. The van der Waals surface area contributed by atoms with E-state index in [-0.39, 0.29) is 30.0 Å². The van der Waals surface area contributed by atoms with Gasteiger partial charge >= 0.3 is 0 Å². The smallest absolute Gasteiger partial charge is 0.236 e. The van der Waals surface area contributed by atoms with E-state index in [0.717, 1.165) is 0 Å². The van der Waals surface area contributed by atoms with Gasteiger partial charge in [-0.25, -0.2) is 8.42 Å². The summed E-state index contributed by atoms with van der Waals surface area (Å²) in [5, 5.41) is 0. The largest absolute Gasteiger partial charge is 0.348 e. The van der Waals surface area contributed by atoms with Crippen LogP contribution in [0.2, 0.25) is 0 Å². The normalized spacial score (nSPS) is 27.4. The van der Waals surface area contributed by atoms with Crippen LogP contribution in [-0.4, -0.2) is 74.9 Å². The fourth-order valence-corrected chi connectivity index (χ4v) is 3.93. The van der Waals surface area contributed by atoms with E-state index in [1.54, 1.807) is 14.1 Å². The monoisotopic (exact) mass is 263 g/mol. The summed E-state index contributed by atoms with van der Waals surface area (Å²) in [7, 11) is 0.317. The predicted octanol–water partition coefficient (Wildman–Crippen LogP) is -1.48. The predicted molar refractivity (Wildman–Crippen MR) is 66.4 cm³/mol. The van der Waals surface area contributed by atoms with Gasteiger partial charge in [-0.1, -0.05) is 6.92 Å². The molecule has 0 saturated carbocycles. The van der Waals surface area contributed by atoms with Crippen LogP contribution >= 0.6 is 0 Å². The minimum Gasteiger partial charge on any atom is -0.348 e. The summed E-state index contributed by atoms with van der Waals surface area (Å²) in [5.74, 6) is 0.0379. The highest BCUT2D eigenvalue weighted by atomic mass is 32.2. The minimum absolute atomic E-state index is 0.0182. The quantitative estimate of drug-likeness (QED) is 0.669. The fraction of sp³-hybridized carbons (Fsp3) is 0.900. The Hall–Kier alpha value is -0.660. The van der Waals surface area contributed by atoms with E-state index in [1.807, 2.05) is 11.8 Å². The van der Waals surface area contributed by atoms with Gasteiger partial charge in [0.15, 0.2) is 9.84 Å². The first-order chi connectivity index (χ1) is 7.76. The average Bonchev–Trinajstić information content (AvgIpc) is 2.48. The Kier molecular flexibility index (Phi) is 4.51. The zero-order valence-corrected chi connectivity index (χ0v) is 11.4. The molecule has 17 heavy (non-hydrogen) atoms. The van der Waals surface area contributed by atoms with Gasteiger partial charge in [0.05, 0.1) is 18.1 Å². The second-order valence-electron chi connectivity index (χ2n) is 4.66. The van der Waals surface area contributed by atoms with Crippen LogP contribution in [0.4, 0.5) is 0 Å². The van der Waals surface area contributed by atoms with Crippen molar-refractivity contribution < 1.29 is 13.2 Å². The lowest BCUT2D eigenvalue weighted by Gasteiger charge is -2.29. The standard InChI is InChI=1S/C10H21N3O3S/c1-4-13(5-10(14)12(2)3)9-7-17(15,16)6-8(9)11/h8-9H,4-7,11H2,1-3H3. The van der Waals surface area contributed by atoms with E-state index in [9.17, 15) is 13.2 Å². The first-order valence-electron chi connectivity index (χ1n) is 5.67. The summed E-state index contributed by atoms with van der Waals surface area (Å²) < 4.78 is 23.0.